The second kappa shape index (κ2) is 11.6. The molecule has 0 atom stereocenters. The van der Waals surface area contributed by atoms with Gasteiger partial charge in [-0.2, -0.15) is 0 Å². The molecule has 100 valence electrons. The van der Waals surface area contributed by atoms with Gasteiger partial charge in [0.1, 0.15) is 0 Å². The first-order valence-electron chi connectivity index (χ1n) is 6.07. The number of carbonyl (C=O) groups excluding carboxylic acids is 1. The number of hydrogen-bond donors (Lipinski definition) is 0. The number of hydrogen-bond acceptors (Lipinski definition) is 4. The van der Waals surface area contributed by atoms with Gasteiger partial charge in [0.2, 0.25) is 0 Å². The zero-order chi connectivity index (χ0) is 12.9. The molecule has 0 N–H and O–H groups in total. The van der Waals surface area contributed by atoms with Gasteiger partial charge in [-0.15, -0.1) is 0 Å². The molecule has 4 nitrogen and oxygen atoms in total. The van der Waals surface area contributed by atoms with Crippen LogP contribution in [0.25, 0.3) is 0 Å². The van der Waals surface area contributed by atoms with E-state index in [2.05, 4.69) is 6.58 Å². The van der Waals surface area contributed by atoms with Gasteiger partial charge in [-0.3, -0.25) is 0 Å². The van der Waals surface area contributed by atoms with Gasteiger partial charge in [-0.1, -0.05) is 6.58 Å². The van der Waals surface area contributed by atoms with Crippen molar-refractivity contribution in [2.75, 3.05) is 33.5 Å². The lowest BCUT2D eigenvalue weighted by molar-refractivity contribution is -0.139. The second-order valence-electron chi connectivity index (χ2n) is 3.94. The normalized spacial score (nSPS) is 10.2. The van der Waals surface area contributed by atoms with Crippen LogP contribution < -0.4 is 0 Å². The van der Waals surface area contributed by atoms with Crippen LogP contribution in [0.2, 0.25) is 0 Å². The van der Waals surface area contributed by atoms with Gasteiger partial charge < -0.3 is 14.2 Å². The van der Waals surface area contributed by atoms with Crippen molar-refractivity contribution < 1.29 is 19.0 Å². The van der Waals surface area contributed by atoms with E-state index in [-0.39, 0.29) is 5.97 Å². The van der Waals surface area contributed by atoms with Gasteiger partial charge in [0.25, 0.3) is 0 Å². The molecule has 0 spiro atoms. The Hall–Kier alpha value is -0.870. The van der Waals surface area contributed by atoms with Crippen LogP contribution >= 0.6 is 0 Å². The second-order valence-corrected chi connectivity index (χ2v) is 3.94. The third-order valence-electron chi connectivity index (χ3n) is 2.15. The molecular formula is C13H24O4. The lowest BCUT2D eigenvalue weighted by Gasteiger charge is -2.05. The van der Waals surface area contributed by atoms with Crippen molar-refractivity contribution in [1.29, 1.82) is 0 Å². The number of carbonyl (C=O) groups is 1. The van der Waals surface area contributed by atoms with Gasteiger partial charge >= 0.3 is 5.97 Å². The molecule has 0 aromatic rings. The lowest BCUT2D eigenvalue weighted by Crippen LogP contribution is -2.07. The molecule has 0 saturated heterocycles. The SMILES string of the molecule is C=C(C)C(=O)OCCCCOCCCCOC. The molecule has 0 rings (SSSR count). The summed E-state index contributed by atoms with van der Waals surface area (Å²) in [7, 11) is 1.70. The van der Waals surface area contributed by atoms with Gasteiger partial charge in [0.15, 0.2) is 0 Å². The van der Waals surface area contributed by atoms with Crippen molar-refractivity contribution in [3.05, 3.63) is 12.2 Å². The van der Waals surface area contributed by atoms with Crippen LogP contribution in [-0.2, 0) is 19.0 Å². The summed E-state index contributed by atoms with van der Waals surface area (Å²) >= 11 is 0. The fraction of sp³-hybridized carbons (Fsp3) is 0.769. The fourth-order valence-corrected chi connectivity index (χ4v) is 1.15. The minimum Gasteiger partial charge on any atom is -0.462 e. The van der Waals surface area contributed by atoms with Crippen molar-refractivity contribution in [1.82, 2.24) is 0 Å². The van der Waals surface area contributed by atoms with Crippen molar-refractivity contribution >= 4 is 5.97 Å². The van der Waals surface area contributed by atoms with E-state index < -0.39 is 0 Å². The monoisotopic (exact) mass is 244 g/mol. The molecule has 0 radical (unpaired) electrons. The first kappa shape index (κ1) is 16.1. The maximum Gasteiger partial charge on any atom is 0.333 e. The molecule has 4 heteroatoms. The van der Waals surface area contributed by atoms with E-state index in [1.165, 1.54) is 0 Å². The van der Waals surface area contributed by atoms with E-state index in [1.807, 2.05) is 0 Å². The highest BCUT2D eigenvalue weighted by Crippen LogP contribution is 1.97. The summed E-state index contributed by atoms with van der Waals surface area (Å²) in [4.78, 5) is 11.0. The Balaban J connectivity index is 3.08. The van der Waals surface area contributed by atoms with Crippen molar-refractivity contribution in [2.45, 2.75) is 32.6 Å². The van der Waals surface area contributed by atoms with Gasteiger partial charge in [-0.25, -0.2) is 4.79 Å². The fourth-order valence-electron chi connectivity index (χ4n) is 1.15. The molecule has 0 unspecified atom stereocenters. The Morgan fingerprint density at radius 3 is 2.06 bits per heavy atom. The number of esters is 1. The Bertz CT molecular complexity index is 213. The summed E-state index contributed by atoms with van der Waals surface area (Å²) in [5.74, 6) is -0.314. The van der Waals surface area contributed by atoms with Gasteiger partial charge in [0, 0.05) is 32.5 Å². The van der Waals surface area contributed by atoms with Crippen LogP contribution in [-0.4, -0.2) is 39.5 Å². The van der Waals surface area contributed by atoms with Crippen LogP contribution in [0.3, 0.4) is 0 Å². The van der Waals surface area contributed by atoms with Crippen molar-refractivity contribution in [3.8, 4) is 0 Å². The molecule has 17 heavy (non-hydrogen) atoms. The topological polar surface area (TPSA) is 44.8 Å². The quantitative estimate of drug-likeness (QED) is 0.318. The zero-order valence-corrected chi connectivity index (χ0v) is 11.0. The van der Waals surface area contributed by atoms with E-state index in [9.17, 15) is 4.79 Å². The molecule has 0 fully saturated rings. The highest BCUT2D eigenvalue weighted by molar-refractivity contribution is 5.86. The molecule has 0 bridgehead atoms. The van der Waals surface area contributed by atoms with Crippen LogP contribution in [0, 0.1) is 0 Å². The van der Waals surface area contributed by atoms with Crippen LogP contribution in [0.4, 0.5) is 0 Å². The Kier molecular flexibility index (Phi) is 11.0. The number of ether oxygens (including phenoxy) is 3. The maximum atomic E-state index is 11.0. The average molecular weight is 244 g/mol. The first-order valence-corrected chi connectivity index (χ1v) is 6.07. The van der Waals surface area contributed by atoms with E-state index in [0.29, 0.717) is 12.2 Å². The molecule has 0 aliphatic heterocycles. The Morgan fingerprint density at radius 2 is 1.53 bits per heavy atom. The standard InChI is InChI=1S/C13H24O4/c1-12(2)13(14)17-11-7-6-10-16-9-5-4-8-15-3/h1,4-11H2,2-3H3. The van der Waals surface area contributed by atoms with Crippen LogP contribution in [0.15, 0.2) is 12.2 Å². The summed E-state index contributed by atoms with van der Waals surface area (Å²) in [5.41, 5.74) is 0.444. The number of unbranched alkanes of at least 4 members (excludes halogenated alkanes) is 2. The molecule has 0 heterocycles. The van der Waals surface area contributed by atoms with Crippen molar-refractivity contribution in [3.63, 3.8) is 0 Å². The lowest BCUT2D eigenvalue weighted by atomic mass is 10.3. The Labute approximate surface area is 104 Å². The zero-order valence-electron chi connectivity index (χ0n) is 11.0. The Morgan fingerprint density at radius 1 is 1.00 bits per heavy atom. The molecule has 0 aliphatic rings. The molecule has 0 amide bonds. The minimum absolute atomic E-state index is 0.314. The summed E-state index contributed by atoms with van der Waals surface area (Å²) in [6.07, 6.45) is 3.80. The van der Waals surface area contributed by atoms with Gasteiger partial charge in [0.05, 0.1) is 6.61 Å². The van der Waals surface area contributed by atoms with Crippen molar-refractivity contribution in [2.24, 2.45) is 0 Å². The van der Waals surface area contributed by atoms with E-state index in [1.54, 1.807) is 14.0 Å². The minimum atomic E-state index is -0.314. The predicted molar refractivity (Wildman–Crippen MR) is 66.9 cm³/mol. The predicted octanol–water partition coefficient (Wildman–Crippen LogP) is 2.33. The van der Waals surface area contributed by atoms with Crippen LogP contribution in [0.1, 0.15) is 32.6 Å². The number of methoxy groups -OCH3 is 1. The van der Waals surface area contributed by atoms with E-state index >= 15 is 0 Å². The van der Waals surface area contributed by atoms with E-state index in [0.717, 1.165) is 45.5 Å². The number of rotatable bonds is 11. The third-order valence-corrected chi connectivity index (χ3v) is 2.15. The third kappa shape index (κ3) is 11.4. The van der Waals surface area contributed by atoms with Crippen LogP contribution in [0.5, 0.6) is 0 Å². The molecular weight excluding hydrogens is 220 g/mol. The smallest absolute Gasteiger partial charge is 0.333 e. The first-order chi connectivity index (χ1) is 8.18. The summed E-state index contributed by atoms with van der Waals surface area (Å²) in [5, 5.41) is 0. The molecule has 0 aromatic heterocycles. The van der Waals surface area contributed by atoms with E-state index in [4.69, 9.17) is 14.2 Å². The molecule has 0 aliphatic carbocycles. The molecule has 0 saturated carbocycles. The highest BCUT2D eigenvalue weighted by atomic mass is 16.5. The summed E-state index contributed by atoms with van der Waals surface area (Å²) < 4.78 is 15.3. The van der Waals surface area contributed by atoms with Gasteiger partial charge in [-0.05, 0) is 32.6 Å². The maximum absolute atomic E-state index is 11.0. The molecule has 0 aromatic carbocycles. The highest BCUT2D eigenvalue weighted by Gasteiger charge is 2.01. The largest absolute Gasteiger partial charge is 0.462 e. The average Bonchev–Trinajstić information content (AvgIpc) is 2.31. The summed E-state index contributed by atoms with van der Waals surface area (Å²) in [6, 6.07) is 0. The summed E-state index contributed by atoms with van der Waals surface area (Å²) in [6.45, 7) is 7.88.